The topological polar surface area (TPSA) is 29.9 Å². The first-order valence-electron chi connectivity index (χ1n) is 6.49. The molecule has 1 atom stereocenters. The molecule has 1 aliphatic rings. The first-order valence-corrected chi connectivity index (χ1v) is 6.49. The molecule has 0 aliphatic carbocycles. The molecule has 1 unspecified atom stereocenters. The van der Waals surface area contributed by atoms with Crippen LogP contribution < -0.4 is 5.32 Å². The maximum absolute atomic E-state index is 4.68. The van der Waals surface area contributed by atoms with Gasteiger partial charge >= 0.3 is 0 Å². The van der Waals surface area contributed by atoms with Crippen LogP contribution in [0.2, 0.25) is 0 Å². The van der Waals surface area contributed by atoms with Crippen LogP contribution in [-0.4, -0.2) is 22.4 Å². The number of rotatable bonds is 2. The number of nitrogens with zero attached hydrogens (tertiary/aromatic N) is 2. The Morgan fingerprint density at radius 2 is 2.35 bits per heavy atom. The highest BCUT2D eigenvalue weighted by Gasteiger charge is 2.13. The van der Waals surface area contributed by atoms with E-state index in [4.69, 9.17) is 0 Å². The molecule has 2 aromatic rings. The zero-order valence-electron chi connectivity index (χ0n) is 10.3. The molecule has 0 saturated carbocycles. The first kappa shape index (κ1) is 10.8. The van der Waals surface area contributed by atoms with Crippen LogP contribution in [0, 0.1) is 6.92 Å². The van der Waals surface area contributed by atoms with Gasteiger partial charge in [0.2, 0.25) is 0 Å². The fourth-order valence-electron chi connectivity index (χ4n) is 2.64. The Labute approximate surface area is 102 Å². The molecule has 3 nitrogen and oxygen atoms in total. The molecule has 1 aromatic heterocycles. The van der Waals surface area contributed by atoms with Crippen LogP contribution in [-0.2, 0) is 6.54 Å². The van der Waals surface area contributed by atoms with Crippen molar-refractivity contribution in [3.05, 3.63) is 30.0 Å². The summed E-state index contributed by atoms with van der Waals surface area (Å²) in [5.41, 5.74) is 2.40. The van der Waals surface area contributed by atoms with Crippen molar-refractivity contribution in [1.29, 1.82) is 0 Å². The van der Waals surface area contributed by atoms with Gasteiger partial charge in [-0.1, -0.05) is 24.6 Å². The maximum atomic E-state index is 4.68. The van der Waals surface area contributed by atoms with E-state index < -0.39 is 0 Å². The van der Waals surface area contributed by atoms with Crippen molar-refractivity contribution in [2.24, 2.45) is 0 Å². The van der Waals surface area contributed by atoms with Crippen molar-refractivity contribution in [2.45, 2.75) is 38.8 Å². The molecule has 1 N–H and O–H groups in total. The Morgan fingerprint density at radius 1 is 1.41 bits per heavy atom. The lowest BCUT2D eigenvalue weighted by Crippen LogP contribution is -2.37. The second-order valence-electron chi connectivity index (χ2n) is 5.01. The molecule has 1 fully saturated rings. The third kappa shape index (κ3) is 2.20. The van der Waals surface area contributed by atoms with Crippen LogP contribution in [0.3, 0.4) is 0 Å². The van der Waals surface area contributed by atoms with Crippen molar-refractivity contribution in [3.63, 3.8) is 0 Å². The predicted molar refractivity (Wildman–Crippen MR) is 70.1 cm³/mol. The summed E-state index contributed by atoms with van der Waals surface area (Å²) in [5.74, 6) is 0. The van der Waals surface area contributed by atoms with Gasteiger partial charge in [0.15, 0.2) is 0 Å². The SMILES string of the molecule is Cc1cccc2cn(CC3CCCCN3)nc12. The summed E-state index contributed by atoms with van der Waals surface area (Å²) in [5, 5.41) is 9.50. The summed E-state index contributed by atoms with van der Waals surface area (Å²) in [6.07, 6.45) is 6.10. The Bertz CT molecular complexity index is 509. The third-order valence-corrected chi connectivity index (χ3v) is 3.61. The minimum Gasteiger partial charge on any atom is -0.312 e. The largest absolute Gasteiger partial charge is 0.312 e. The van der Waals surface area contributed by atoms with Crippen LogP contribution in [0.1, 0.15) is 24.8 Å². The second-order valence-corrected chi connectivity index (χ2v) is 5.01. The van der Waals surface area contributed by atoms with Crippen LogP contribution in [0.15, 0.2) is 24.4 Å². The summed E-state index contributed by atoms with van der Waals surface area (Å²) in [7, 11) is 0. The highest BCUT2D eigenvalue weighted by molar-refractivity contribution is 5.81. The highest BCUT2D eigenvalue weighted by atomic mass is 15.3. The molecule has 2 heterocycles. The Hall–Kier alpha value is -1.35. The van der Waals surface area contributed by atoms with Crippen LogP contribution >= 0.6 is 0 Å². The number of hydrogen-bond acceptors (Lipinski definition) is 2. The molecule has 1 aromatic carbocycles. The van der Waals surface area contributed by atoms with Crippen molar-refractivity contribution in [2.75, 3.05) is 6.54 Å². The normalized spacial score (nSPS) is 20.9. The summed E-state index contributed by atoms with van der Waals surface area (Å²) >= 11 is 0. The molecule has 1 aliphatic heterocycles. The summed E-state index contributed by atoms with van der Waals surface area (Å²) < 4.78 is 2.10. The van der Waals surface area contributed by atoms with E-state index in [0.717, 1.165) is 18.6 Å². The van der Waals surface area contributed by atoms with E-state index in [-0.39, 0.29) is 0 Å². The molecular formula is C14H19N3. The number of hydrogen-bond donors (Lipinski definition) is 1. The van der Waals surface area contributed by atoms with Gasteiger partial charge in [0, 0.05) is 17.6 Å². The Morgan fingerprint density at radius 3 is 3.12 bits per heavy atom. The summed E-state index contributed by atoms with van der Waals surface area (Å²) in [6, 6.07) is 6.96. The van der Waals surface area contributed by atoms with E-state index in [1.807, 2.05) is 0 Å². The number of piperidine rings is 1. The number of aryl methyl sites for hydroxylation is 1. The minimum atomic E-state index is 0.596. The Kier molecular flexibility index (Phi) is 2.85. The maximum Gasteiger partial charge on any atom is 0.0952 e. The second kappa shape index (κ2) is 4.49. The average molecular weight is 229 g/mol. The van der Waals surface area contributed by atoms with E-state index >= 15 is 0 Å². The van der Waals surface area contributed by atoms with Crippen molar-refractivity contribution < 1.29 is 0 Å². The molecule has 0 radical (unpaired) electrons. The lowest BCUT2D eigenvalue weighted by molar-refractivity contribution is 0.352. The van der Waals surface area contributed by atoms with Gasteiger partial charge < -0.3 is 5.32 Å². The van der Waals surface area contributed by atoms with Gasteiger partial charge in [-0.25, -0.2) is 0 Å². The minimum absolute atomic E-state index is 0.596. The van der Waals surface area contributed by atoms with E-state index in [1.54, 1.807) is 0 Å². The lowest BCUT2D eigenvalue weighted by atomic mass is 10.1. The molecule has 0 bridgehead atoms. The highest BCUT2D eigenvalue weighted by Crippen LogP contribution is 2.17. The standard InChI is InChI=1S/C14H19N3/c1-11-5-4-6-12-9-17(16-14(11)12)10-13-7-2-3-8-15-13/h4-6,9,13,15H,2-3,7-8,10H2,1H3. The molecule has 0 amide bonds. The smallest absolute Gasteiger partial charge is 0.0952 e. The van der Waals surface area contributed by atoms with Crippen molar-refractivity contribution in [1.82, 2.24) is 15.1 Å². The van der Waals surface area contributed by atoms with E-state index in [0.29, 0.717) is 6.04 Å². The average Bonchev–Trinajstić information content (AvgIpc) is 2.74. The molecule has 3 rings (SSSR count). The third-order valence-electron chi connectivity index (χ3n) is 3.61. The number of fused-ring (bicyclic) bond motifs is 1. The lowest BCUT2D eigenvalue weighted by Gasteiger charge is -2.23. The van der Waals surface area contributed by atoms with Crippen LogP contribution in [0.5, 0.6) is 0 Å². The zero-order chi connectivity index (χ0) is 11.7. The Balaban J connectivity index is 1.83. The molecule has 90 valence electrons. The zero-order valence-corrected chi connectivity index (χ0v) is 10.3. The quantitative estimate of drug-likeness (QED) is 0.857. The molecule has 0 spiro atoms. The predicted octanol–water partition coefficient (Wildman–Crippen LogP) is 2.49. The molecule has 3 heteroatoms. The van der Waals surface area contributed by atoms with Gasteiger partial charge in [0.05, 0.1) is 12.1 Å². The number of benzene rings is 1. The fourth-order valence-corrected chi connectivity index (χ4v) is 2.64. The van der Waals surface area contributed by atoms with E-state index in [1.165, 1.54) is 30.2 Å². The summed E-state index contributed by atoms with van der Waals surface area (Å²) in [4.78, 5) is 0. The molecular weight excluding hydrogens is 210 g/mol. The number of nitrogens with one attached hydrogen (secondary N) is 1. The first-order chi connectivity index (χ1) is 8.33. The number of aromatic nitrogens is 2. The van der Waals surface area contributed by atoms with Crippen molar-refractivity contribution in [3.8, 4) is 0 Å². The molecule has 1 saturated heterocycles. The van der Waals surface area contributed by atoms with Gasteiger partial charge in [-0.05, 0) is 31.9 Å². The van der Waals surface area contributed by atoms with Crippen LogP contribution in [0.4, 0.5) is 0 Å². The fraction of sp³-hybridized carbons (Fsp3) is 0.500. The monoisotopic (exact) mass is 229 g/mol. The summed E-state index contributed by atoms with van der Waals surface area (Å²) in [6.45, 7) is 4.27. The van der Waals surface area contributed by atoms with Gasteiger partial charge in [0.25, 0.3) is 0 Å². The van der Waals surface area contributed by atoms with Gasteiger partial charge in [-0.3, -0.25) is 4.68 Å². The van der Waals surface area contributed by atoms with Gasteiger partial charge in [-0.15, -0.1) is 0 Å². The van der Waals surface area contributed by atoms with Crippen LogP contribution in [0.25, 0.3) is 10.9 Å². The van der Waals surface area contributed by atoms with E-state index in [9.17, 15) is 0 Å². The van der Waals surface area contributed by atoms with Gasteiger partial charge in [0.1, 0.15) is 0 Å². The van der Waals surface area contributed by atoms with Crippen molar-refractivity contribution >= 4 is 10.9 Å². The van der Waals surface area contributed by atoms with Gasteiger partial charge in [-0.2, -0.15) is 5.10 Å². The van der Waals surface area contributed by atoms with E-state index in [2.05, 4.69) is 46.4 Å². The molecule has 17 heavy (non-hydrogen) atoms.